The van der Waals surface area contributed by atoms with Crippen molar-refractivity contribution in [2.45, 2.75) is 51.4 Å². The van der Waals surface area contributed by atoms with Gasteiger partial charge in [-0.15, -0.1) is 0 Å². The maximum atomic E-state index is 12.4. The molecule has 1 fully saturated rings. The number of hydrogen-bond acceptors (Lipinski definition) is 9. The van der Waals surface area contributed by atoms with Crippen LogP contribution in [0.25, 0.3) is 0 Å². The molecule has 0 aliphatic carbocycles. The molecule has 36 heavy (non-hydrogen) atoms. The van der Waals surface area contributed by atoms with Gasteiger partial charge in [0.15, 0.2) is 0 Å². The van der Waals surface area contributed by atoms with E-state index in [0.29, 0.717) is 38.4 Å². The molecule has 0 unspecified atom stereocenters. The molecule has 0 bridgehead atoms. The Morgan fingerprint density at radius 3 is 2.78 bits per heavy atom. The maximum absolute atomic E-state index is 12.4. The summed E-state index contributed by atoms with van der Waals surface area (Å²) in [4.78, 5) is 29.9. The number of nitrogens with zero attached hydrogens (tertiary/aromatic N) is 5. The first-order valence-corrected chi connectivity index (χ1v) is 12.6. The van der Waals surface area contributed by atoms with Crippen LogP contribution >= 0.6 is 0 Å². The molecule has 1 amide bonds. The zero-order valence-electron chi connectivity index (χ0n) is 21.2. The molecule has 194 valence electrons. The van der Waals surface area contributed by atoms with Crippen molar-refractivity contribution in [3.8, 4) is 0 Å². The number of nitrogens with one attached hydrogen (secondary N) is 2. The molecule has 2 aliphatic heterocycles. The highest BCUT2D eigenvalue weighted by molar-refractivity contribution is 6.37. The lowest BCUT2D eigenvalue weighted by Gasteiger charge is -2.32. The van der Waals surface area contributed by atoms with Crippen molar-refractivity contribution in [2.75, 3.05) is 45.2 Å². The van der Waals surface area contributed by atoms with E-state index in [0.717, 1.165) is 43.9 Å². The van der Waals surface area contributed by atoms with Crippen LogP contribution in [-0.2, 0) is 29.1 Å². The standard InChI is InChI=1S/C26H37N7O3/c1-19(31-36-2)26(35)33-11-8-22(9-12-33)30-25-13-23(28-18-29-25)14-27-15-24(34)17-32-10-7-20-5-3-4-6-21(20)16-32/h3-6,13,18,22,24,27,34H,7-12,14-17H2,1-2H3,(H,28,29,30)/b31-19+/t24-/m0/s1. The Morgan fingerprint density at radius 1 is 1.22 bits per heavy atom. The van der Waals surface area contributed by atoms with Crippen LogP contribution in [0.3, 0.4) is 0 Å². The number of aliphatic hydroxyl groups is 1. The second kappa shape index (κ2) is 12.8. The van der Waals surface area contributed by atoms with E-state index >= 15 is 0 Å². The summed E-state index contributed by atoms with van der Waals surface area (Å²) in [6.07, 6.45) is 3.81. The van der Waals surface area contributed by atoms with Gasteiger partial charge < -0.3 is 25.5 Å². The number of oxime groups is 1. The number of β-amino-alcohol motifs (C(OH)–C–C–N with tert-alkyl or cyclic N) is 1. The lowest BCUT2D eigenvalue weighted by Crippen LogP contribution is -2.44. The van der Waals surface area contributed by atoms with Gasteiger partial charge in [0.25, 0.3) is 5.91 Å². The van der Waals surface area contributed by atoms with Gasteiger partial charge >= 0.3 is 0 Å². The highest BCUT2D eigenvalue weighted by Gasteiger charge is 2.25. The SMILES string of the molecule is CO/N=C(\C)C(=O)N1CCC(Nc2cc(CNC[C@H](O)CN3CCc4ccccc4C3)ncn2)CC1. The number of aromatic nitrogens is 2. The molecule has 10 nitrogen and oxygen atoms in total. The van der Waals surface area contributed by atoms with Gasteiger partial charge in [-0.1, -0.05) is 29.4 Å². The average molecular weight is 496 g/mol. The highest BCUT2D eigenvalue weighted by Crippen LogP contribution is 2.19. The molecule has 1 aromatic heterocycles. The quantitative estimate of drug-likeness (QED) is 0.335. The summed E-state index contributed by atoms with van der Waals surface area (Å²) in [5.41, 5.74) is 4.01. The molecule has 0 radical (unpaired) electrons. The van der Waals surface area contributed by atoms with Crippen molar-refractivity contribution >= 4 is 17.4 Å². The minimum atomic E-state index is -0.444. The summed E-state index contributed by atoms with van der Waals surface area (Å²) in [7, 11) is 1.44. The third-order valence-corrected chi connectivity index (χ3v) is 6.76. The predicted molar refractivity (Wildman–Crippen MR) is 139 cm³/mol. The van der Waals surface area contributed by atoms with Gasteiger partial charge in [-0.2, -0.15) is 0 Å². The van der Waals surface area contributed by atoms with Crippen LogP contribution in [0.4, 0.5) is 5.82 Å². The topological polar surface area (TPSA) is 115 Å². The Morgan fingerprint density at radius 2 is 2.00 bits per heavy atom. The lowest BCUT2D eigenvalue weighted by atomic mass is 10.00. The predicted octanol–water partition coefficient (Wildman–Crippen LogP) is 1.41. The third kappa shape index (κ3) is 7.22. The number of anilines is 1. The van der Waals surface area contributed by atoms with Crippen molar-refractivity contribution in [3.05, 3.63) is 53.5 Å². The Kier molecular flexibility index (Phi) is 9.21. The molecule has 1 aromatic carbocycles. The second-order valence-electron chi connectivity index (χ2n) is 9.50. The summed E-state index contributed by atoms with van der Waals surface area (Å²) in [5.74, 6) is 0.689. The van der Waals surface area contributed by atoms with Gasteiger partial charge in [0.1, 0.15) is 25.0 Å². The van der Waals surface area contributed by atoms with Crippen molar-refractivity contribution in [3.63, 3.8) is 0 Å². The Hall–Kier alpha value is -3.08. The first-order valence-electron chi connectivity index (χ1n) is 12.6. The van der Waals surface area contributed by atoms with Gasteiger partial charge in [-0.3, -0.25) is 9.69 Å². The third-order valence-electron chi connectivity index (χ3n) is 6.76. The van der Waals surface area contributed by atoms with Crippen LogP contribution in [0.15, 0.2) is 41.8 Å². The molecule has 1 atom stereocenters. The van der Waals surface area contributed by atoms with Gasteiger partial charge in [-0.05, 0) is 37.3 Å². The molecule has 2 aliphatic rings. The van der Waals surface area contributed by atoms with Crippen LogP contribution in [0.5, 0.6) is 0 Å². The van der Waals surface area contributed by atoms with Crippen molar-refractivity contribution in [1.29, 1.82) is 0 Å². The van der Waals surface area contributed by atoms with E-state index in [-0.39, 0.29) is 11.9 Å². The number of benzene rings is 1. The molecular formula is C26H37N7O3. The fraction of sp³-hybridized carbons (Fsp3) is 0.538. The van der Waals surface area contributed by atoms with Crippen LogP contribution in [0, 0.1) is 0 Å². The molecule has 3 N–H and O–H groups in total. The summed E-state index contributed by atoms with van der Waals surface area (Å²) < 4.78 is 0. The van der Waals surface area contributed by atoms with Crippen LogP contribution in [-0.4, -0.2) is 88.5 Å². The van der Waals surface area contributed by atoms with E-state index in [2.05, 4.69) is 54.9 Å². The molecular weight excluding hydrogens is 458 g/mol. The summed E-state index contributed by atoms with van der Waals surface area (Å²) in [6, 6.07) is 10.7. The number of hydrogen-bond donors (Lipinski definition) is 3. The number of likely N-dealkylation sites (tertiary alicyclic amines) is 1. The number of piperidine rings is 1. The fourth-order valence-corrected chi connectivity index (χ4v) is 4.85. The number of fused-ring (bicyclic) bond motifs is 1. The van der Waals surface area contributed by atoms with E-state index < -0.39 is 6.10 Å². The van der Waals surface area contributed by atoms with E-state index in [1.165, 1.54) is 18.2 Å². The van der Waals surface area contributed by atoms with Crippen molar-refractivity contribution in [2.24, 2.45) is 5.16 Å². The van der Waals surface area contributed by atoms with E-state index in [4.69, 9.17) is 4.84 Å². The number of aliphatic hydroxyl groups excluding tert-OH is 1. The molecule has 3 heterocycles. The van der Waals surface area contributed by atoms with Gasteiger partial charge in [0, 0.05) is 57.9 Å². The van der Waals surface area contributed by atoms with Crippen LogP contribution < -0.4 is 10.6 Å². The van der Waals surface area contributed by atoms with Gasteiger partial charge in [-0.25, -0.2) is 9.97 Å². The monoisotopic (exact) mass is 495 g/mol. The Labute approximate surface area is 212 Å². The van der Waals surface area contributed by atoms with Crippen LogP contribution in [0.2, 0.25) is 0 Å². The van der Waals surface area contributed by atoms with E-state index in [1.807, 2.05) is 6.07 Å². The molecule has 2 aromatic rings. The Bertz CT molecular complexity index is 1040. The fourth-order valence-electron chi connectivity index (χ4n) is 4.85. The van der Waals surface area contributed by atoms with Crippen molar-refractivity contribution < 1.29 is 14.7 Å². The Balaban J connectivity index is 1.17. The normalized spacial score (nSPS) is 18.0. The van der Waals surface area contributed by atoms with Crippen molar-refractivity contribution in [1.82, 2.24) is 25.1 Å². The van der Waals surface area contributed by atoms with Gasteiger partial charge in [0.05, 0.1) is 11.8 Å². The number of amides is 1. The first-order chi connectivity index (χ1) is 17.5. The number of rotatable bonds is 10. The molecule has 10 heteroatoms. The highest BCUT2D eigenvalue weighted by atomic mass is 16.6. The van der Waals surface area contributed by atoms with E-state index in [9.17, 15) is 9.90 Å². The minimum absolute atomic E-state index is 0.0852. The summed E-state index contributed by atoms with van der Waals surface area (Å²) in [5, 5.41) is 21.1. The zero-order valence-corrected chi connectivity index (χ0v) is 21.2. The molecule has 1 saturated heterocycles. The molecule has 0 spiro atoms. The average Bonchev–Trinajstić information content (AvgIpc) is 2.89. The smallest absolute Gasteiger partial charge is 0.271 e. The minimum Gasteiger partial charge on any atom is -0.399 e. The summed E-state index contributed by atoms with van der Waals surface area (Å²) in [6.45, 7) is 6.56. The second-order valence-corrected chi connectivity index (χ2v) is 9.50. The zero-order chi connectivity index (χ0) is 25.3. The maximum Gasteiger partial charge on any atom is 0.271 e. The van der Waals surface area contributed by atoms with Gasteiger partial charge in [0.2, 0.25) is 0 Å². The number of carbonyl (C=O) groups is 1. The summed E-state index contributed by atoms with van der Waals surface area (Å²) >= 11 is 0. The lowest BCUT2D eigenvalue weighted by molar-refractivity contribution is -0.125. The molecule has 0 saturated carbocycles. The van der Waals surface area contributed by atoms with E-state index in [1.54, 1.807) is 18.2 Å². The molecule has 4 rings (SSSR count). The first kappa shape index (κ1) is 26.0. The number of carbonyl (C=O) groups excluding carboxylic acids is 1. The van der Waals surface area contributed by atoms with Crippen LogP contribution in [0.1, 0.15) is 36.6 Å². The largest absolute Gasteiger partial charge is 0.399 e.